The highest BCUT2D eigenvalue weighted by molar-refractivity contribution is 7.47. The Kier molecular flexibility index (Phi) is 49.3. The first-order chi connectivity index (χ1) is 37.7. The third kappa shape index (κ3) is 52.6. The minimum atomic E-state index is -4.94. The molecule has 79 heavy (non-hydrogen) atoms. The van der Waals surface area contributed by atoms with Crippen molar-refractivity contribution < 1.29 is 80.2 Å². The van der Waals surface area contributed by atoms with Crippen LogP contribution >= 0.6 is 15.6 Å². The van der Waals surface area contributed by atoms with Crippen LogP contribution in [0.15, 0.2) is 0 Å². The molecule has 0 amide bonds. The fourth-order valence-corrected chi connectivity index (χ4v) is 10.2. The first kappa shape index (κ1) is 77.1. The highest BCUT2D eigenvalue weighted by Crippen LogP contribution is 2.45. The number of unbranched alkanes of at least 4 members (excludes halogenated alkanes) is 21. The molecular formula is C60H116O17P2. The van der Waals surface area contributed by atoms with Crippen molar-refractivity contribution in [3.63, 3.8) is 0 Å². The SMILES string of the molecule is CCC(C)CCCCCCCCC(=O)OC[C@H](COP(=O)(O)OCC(O)COP(=O)(O)OC[C@@H](COC(=O)CCCCCCCCCC(C)C)OC(=O)CCCCCCCCC(C)CC)OC(=O)CCCCCCCCC(C)C. The highest BCUT2D eigenvalue weighted by Gasteiger charge is 2.30. The van der Waals surface area contributed by atoms with Gasteiger partial charge in [-0.05, 0) is 49.4 Å². The fraction of sp³-hybridized carbons (Fsp3) is 0.933. The number of phosphoric ester groups is 2. The number of esters is 4. The van der Waals surface area contributed by atoms with Gasteiger partial charge >= 0.3 is 39.5 Å². The molecule has 5 unspecified atom stereocenters. The molecule has 0 radical (unpaired) electrons. The molecule has 17 nitrogen and oxygen atoms in total. The minimum absolute atomic E-state index is 0.100. The maximum absolute atomic E-state index is 12.9. The Morgan fingerprint density at radius 1 is 0.354 bits per heavy atom. The Balaban J connectivity index is 5.26. The summed E-state index contributed by atoms with van der Waals surface area (Å²) < 4.78 is 67.7. The van der Waals surface area contributed by atoms with Crippen LogP contribution in [-0.2, 0) is 65.4 Å². The highest BCUT2D eigenvalue weighted by atomic mass is 31.2. The standard InChI is InChI=1S/C60H116O17P2/c1-9-52(7)38-30-22-15-18-25-33-41-58(63)71-47-56(76-59(64)42-34-26-17-14-21-29-37-51(5)6)49-75-79(68,69)73-45-54(61)44-72-78(66,67)74-48-55(77-60(65)43-35-27-19-16-23-31-39-53(8)10-2)46-70-57(62)40-32-24-13-11-12-20-28-36-50(3)4/h50-56,61H,9-49H2,1-8H3,(H,66,67)(H,68,69)/t52?,53?,54?,55-,56-/m1/s1. The second kappa shape index (κ2) is 50.6. The first-order valence-corrected chi connectivity index (χ1v) is 34.3. The Hall–Kier alpha value is -1.94. The molecule has 0 heterocycles. The predicted octanol–water partition coefficient (Wildman–Crippen LogP) is 15.8. The summed E-state index contributed by atoms with van der Waals surface area (Å²) in [7, 11) is -9.88. The van der Waals surface area contributed by atoms with Gasteiger partial charge in [0.1, 0.15) is 19.3 Å². The second-order valence-corrected chi connectivity index (χ2v) is 26.1. The van der Waals surface area contributed by atoms with Crippen molar-refractivity contribution in [1.82, 2.24) is 0 Å². The van der Waals surface area contributed by atoms with Crippen molar-refractivity contribution in [3.8, 4) is 0 Å². The van der Waals surface area contributed by atoms with Crippen molar-refractivity contribution >= 4 is 39.5 Å². The fourth-order valence-electron chi connectivity index (χ4n) is 8.66. The quantitative estimate of drug-likeness (QED) is 0.0222. The van der Waals surface area contributed by atoms with Gasteiger partial charge in [-0.3, -0.25) is 37.3 Å². The van der Waals surface area contributed by atoms with Crippen LogP contribution in [0.5, 0.6) is 0 Å². The molecule has 0 aromatic carbocycles. The number of phosphoric acid groups is 2. The number of carbonyl (C=O) groups is 4. The minimum Gasteiger partial charge on any atom is -0.462 e. The van der Waals surface area contributed by atoms with E-state index in [1.807, 2.05) is 0 Å². The molecule has 0 aliphatic rings. The number of aliphatic hydroxyl groups is 1. The molecule has 0 aliphatic heterocycles. The molecule has 0 rings (SSSR count). The molecule has 0 saturated carbocycles. The van der Waals surface area contributed by atoms with E-state index in [-0.39, 0.29) is 25.7 Å². The molecule has 0 saturated heterocycles. The van der Waals surface area contributed by atoms with Crippen molar-refractivity contribution in [2.75, 3.05) is 39.6 Å². The largest absolute Gasteiger partial charge is 0.472 e. The second-order valence-electron chi connectivity index (χ2n) is 23.2. The molecule has 0 spiro atoms. The molecule has 7 atom stereocenters. The molecule has 0 aromatic rings. The van der Waals surface area contributed by atoms with E-state index >= 15 is 0 Å². The molecule has 0 aromatic heterocycles. The van der Waals surface area contributed by atoms with E-state index in [9.17, 15) is 43.2 Å². The molecule has 468 valence electrons. The summed E-state index contributed by atoms with van der Waals surface area (Å²) in [5.74, 6) is 0.673. The Morgan fingerprint density at radius 3 is 0.899 bits per heavy atom. The molecule has 0 aliphatic carbocycles. The van der Waals surface area contributed by atoms with E-state index < -0.39 is 97.5 Å². The van der Waals surface area contributed by atoms with Gasteiger partial charge in [-0.2, -0.15) is 0 Å². The maximum Gasteiger partial charge on any atom is 0.472 e. The van der Waals surface area contributed by atoms with Gasteiger partial charge in [-0.1, -0.05) is 229 Å². The average Bonchev–Trinajstić information content (AvgIpc) is 3.40. The average molecular weight is 1170 g/mol. The van der Waals surface area contributed by atoms with Crippen LogP contribution in [0.1, 0.15) is 280 Å². The number of ether oxygens (including phenoxy) is 4. The molecule has 0 fully saturated rings. The summed E-state index contributed by atoms with van der Waals surface area (Å²) >= 11 is 0. The van der Waals surface area contributed by atoms with Gasteiger partial charge in [-0.15, -0.1) is 0 Å². The zero-order valence-electron chi connectivity index (χ0n) is 51.0. The third-order valence-corrected chi connectivity index (χ3v) is 16.2. The van der Waals surface area contributed by atoms with Crippen molar-refractivity contribution in [3.05, 3.63) is 0 Å². The maximum atomic E-state index is 12.9. The third-order valence-electron chi connectivity index (χ3n) is 14.3. The van der Waals surface area contributed by atoms with E-state index in [1.165, 1.54) is 70.6 Å². The van der Waals surface area contributed by atoms with Gasteiger partial charge in [0.2, 0.25) is 0 Å². The van der Waals surface area contributed by atoms with Crippen LogP contribution in [0.4, 0.5) is 0 Å². The molecule has 0 bridgehead atoms. The monoisotopic (exact) mass is 1170 g/mol. The Morgan fingerprint density at radius 2 is 0.608 bits per heavy atom. The van der Waals surface area contributed by atoms with Crippen LogP contribution in [0.2, 0.25) is 0 Å². The first-order valence-electron chi connectivity index (χ1n) is 31.3. The van der Waals surface area contributed by atoms with Crippen LogP contribution in [0.25, 0.3) is 0 Å². The lowest BCUT2D eigenvalue weighted by Crippen LogP contribution is -2.30. The van der Waals surface area contributed by atoms with Crippen molar-refractivity contribution in [2.45, 2.75) is 298 Å². The Bertz CT molecular complexity index is 1600. The molecule has 19 heteroatoms. The van der Waals surface area contributed by atoms with Gasteiger partial charge in [0, 0.05) is 25.7 Å². The zero-order chi connectivity index (χ0) is 59.0. The normalized spacial score (nSPS) is 15.3. The van der Waals surface area contributed by atoms with E-state index in [4.69, 9.17) is 37.0 Å². The summed E-state index contributed by atoms with van der Waals surface area (Å²) in [5, 5.41) is 10.5. The lowest BCUT2D eigenvalue weighted by atomic mass is 10.00. The topological polar surface area (TPSA) is 237 Å². The van der Waals surface area contributed by atoms with Gasteiger partial charge in [0.25, 0.3) is 0 Å². The van der Waals surface area contributed by atoms with Crippen LogP contribution in [0.3, 0.4) is 0 Å². The van der Waals surface area contributed by atoms with Crippen molar-refractivity contribution in [1.29, 1.82) is 0 Å². The van der Waals surface area contributed by atoms with E-state index in [0.29, 0.717) is 37.5 Å². The summed E-state index contributed by atoms with van der Waals surface area (Å²) in [4.78, 5) is 71.9. The number of aliphatic hydroxyl groups excluding tert-OH is 1. The lowest BCUT2D eigenvalue weighted by Gasteiger charge is -2.21. The molecular weight excluding hydrogens is 1050 g/mol. The van der Waals surface area contributed by atoms with Crippen molar-refractivity contribution in [2.24, 2.45) is 23.7 Å². The van der Waals surface area contributed by atoms with Crippen LogP contribution in [-0.4, -0.2) is 96.7 Å². The van der Waals surface area contributed by atoms with Gasteiger partial charge in [-0.25, -0.2) is 9.13 Å². The zero-order valence-corrected chi connectivity index (χ0v) is 52.8. The van der Waals surface area contributed by atoms with Crippen LogP contribution < -0.4 is 0 Å². The van der Waals surface area contributed by atoms with Gasteiger partial charge < -0.3 is 33.8 Å². The summed E-state index contributed by atoms with van der Waals surface area (Å²) in [6, 6.07) is 0. The number of carbonyl (C=O) groups excluding carboxylic acids is 4. The summed E-state index contributed by atoms with van der Waals surface area (Å²) in [5.41, 5.74) is 0. The van der Waals surface area contributed by atoms with Gasteiger partial charge in [0.15, 0.2) is 12.2 Å². The van der Waals surface area contributed by atoms with E-state index in [0.717, 1.165) is 115 Å². The van der Waals surface area contributed by atoms with Crippen LogP contribution in [0, 0.1) is 23.7 Å². The predicted molar refractivity (Wildman–Crippen MR) is 312 cm³/mol. The van der Waals surface area contributed by atoms with E-state index in [1.54, 1.807) is 0 Å². The summed E-state index contributed by atoms with van der Waals surface area (Å²) in [6.07, 6.45) is 28.3. The van der Waals surface area contributed by atoms with E-state index in [2.05, 4.69) is 55.4 Å². The van der Waals surface area contributed by atoms with Gasteiger partial charge in [0.05, 0.1) is 26.4 Å². The smallest absolute Gasteiger partial charge is 0.462 e. The lowest BCUT2D eigenvalue weighted by molar-refractivity contribution is -0.161. The summed E-state index contributed by atoms with van der Waals surface area (Å²) in [6.45, 7) is 13.8. The molecule has 3 N–H and O–H groups in total. The number of hydrogen-bond acceptors (Lipinski definition) is 15. The Labute approximate surface area is 479 Å². The number of hydrogen-bond donors (Lipinski definition) is 3. The number of rotatable bonds is 57.